The van der Waals surface area contributed by atoms with E-state index >= 15 is 0 Å². The maximum absolute atomic E-state index is 12.7. The van der Waals surface area contributed by atoms with Crippen molar-refractivity contribution in [1.82, 2.24) is 0 Å². The summed E-state index contributed by atoms with van der Waals surface area (Å²) in [5.74, 6) is -0.818. The minimum atomic E-state index is -1.59. The summed E-state index contributed by atoms with van der Waals surface area (Å²) >= 11 is 0. The average molecular weight is 687 g/mol. The lowest BCUT2D eigenvalue weighted by molar-refractivity contribution is -0.305. The smallest absolute Gasteiger partial charge is 0.306 e. The number of ether oxygens (including phenoxy) is 4. The van der Waals surface area contributed by atoms with Crippen LogP contribution in [0.3, 0.4) is 0 Å². The summed E-state index contributed by atoms with van der Waals surface area (Å²) in [4.78, 5) is 25.1. The fourth-order valence-corrected chi connectivity index (χ4v) is 5.77. The zero-order valence-corrected chi connectivity index (χ0v) is 30.2. The number of aliphatic hydroxyl groups is 4. The number of allylic oxidation sites excluding steroid dienone is 2. The second-order valence-electron chi connectivity index (χ2n) is 13.4. The third kappa shape index (κ3) is 22.2. The Morgan fingerprint density at radius 3 is 1.62 bits per heavy atom. The normalized spacial score (nSPS) is 21.8. The highest BCUT2D eigenvalue weighted by Gasteiger charge is 2.44. The van der Waals surface area contributed by atoms with Crippen LogP contribution >= 0.6 is 0 Å². The molecule has 0 aliphatic carbocycles. The van der Waals surface area contributed by atoms with Crippen LogP contribution in [-0.2, 0) is 28.5 Å². The number of rotatable bonds is 31. The van der Waals surface area contributed by atoms with Gasteiger partial charge in [-0.3, -0.25) is 9.59 Å². The molecule has 1 saturated heterocycles. The second-order valence-corrected chi connectivity index (χ2v) is 13.4. The number of hydrogen-bond donors (Lipinski definition) is 4. The van der Waals surface area contributed by atoms with E-state index in [0.717, 1.165) is 51.4 Å². The van der Waals surface area contributed by atoms with Crippen molar-refractivity contribution in [2.24, 2.45) is 0 Å². The molecule has 10 heteroatoms. The number of carbonyl (C=O) groups excluding carboxylic acids is 2. The molecule has 1 heterocycles. The molecule has 10 nitrogen and oxygen atoms in total. The molecular formula is C38H70O10. The number of unbranched alkanes of at least 4 members (excludes halogenated alkanes) is 18. The zero-order valence-electron chi connectivity index (χ0n) is 30.2. The molecule has 1 rings (SSSR count). The van der Waals surface area contributed by atoms with Crippen LogP contribution in [-0.4, -0.2) is 89.0 Å². The summed E-state index contributed by atoms with van der Waals surface area (Å²) < 4.78 is 22.0. The van der Waals surface area contributed by atoms with Crippen LogP contribution in [0.5, 0.6) is 0 Å². The topological polar surface area (TPSA) is 152 Å². The quantitative estimate of drug-likeness (QED) is 0.0347. The maximum atomic E-state index is 12.7. The standard InChI is InChI=1S/C38H70O10/c1-3-5-7-9-11-13-14-15-16-17-18-19-21-23-25-27-34(41)47-31(29-45-33(40)26-24-22-20-12-10-8-6-4-2)30-46-38-37(44)36(43)35(42)32(28-39)48-38/h15-16,31-32,35-39,42-44H,3-14,17-30H2,1-2H3/b16-15-. The predicted molar refractivity (Wildman–Crippen MR) is 187 cm³/mol. The molecule has 1 aliphatic heterocycles. The molecule has 48 heavy (non-hydrogen) atoms. The van der Waals surface area contributed by atoms with Gasteiger partial charge in [0, 0.05) is 12.8 Å². The van der Waals surface area contributed by atoms with Gasteiger partial charge in [0.15, 0.2) is 12.4 Å². The molecular weight excluding hydrogens is 616 g/mol. The van der Waals surface area contributed by atoms with Gasteiger partial charge in [-0.25, -0.2) is 0 Å². The Bertz CT molecular complexity index is 804. The van der Waals surface area contributed by atoms with Crippen LogP contribution < -0.4 is 0 Å². The third-order valence-electron chi connectivity index (χ3n) is 8.90. The van der Waals surface area contributed by atoms with Gasteiger partial charge >= 0.3 is 11.9 Å². The van der Waals surface area contributed by atoms with E-state index in [1.807, 2.05) is 0 Å². The van der Waals surface area contributed by atoms with E-state index in [9.17, 15) is 30.0 Å². The lowest BCUT2D eigenvalue weighted by Crippen LogP contribution is -2.59. The molecule has 6 unspecified atom stereocenters. The molecule has 0 aromatic heterocycles. The number of hydrogen-bond acceptors (Lipinski definition) is 10. The molecule has 0 radical (unpaired) electrons. The van der Waals surface area contributed by atoms with Crippen LogP contribution in [0.4, 0.5) is 0 Å². The summed E-state index contributed by atoms with van der Waals surface area (Å²) in [5, 5.41) is 39.8. The van der Waals surface area contributed by atoms with Crippen LogP contribution in [0.15, 0.2) is 12.2 Å². The lowest BCUT2D eigenvalue weighted by Gasteiger charge is -2.39. The van der Waals surface area contributed by atoms with Gasteiger partial charge in [0.2, 0.25) is 0 Å². The number of esters is 2. The SMILES string of the molecule is CCCCCCCC/C=C\CCCCCCCC(=O)OC(COC(=O)CCCCCCCCCC)COC1OC(CO)C(O)C(O)C1O. The van der Waals surface area contributed by atoms with Gasteiger partial charge < -0.3 is 39.4 Å². The minimum absolute atomic E-state index is 0.217. The fourth-order valence-electron chi connectivity index (χ4n) is 5.77. The van der Waals surface area contributed by atoms with Crippen molar-refractivity contribution in [2.45, 2.75) is 198 Å². The second kappa shape index (κ2) is 30.3. The summed E-state index contributed by atoms with van der Waals surface area (Å²) in [5.41, 5.74) is 0. The van der Waals surface area contributed by atoms with Crippen LogP contribution in [0.25, 0.3) is 0 Å². The molecule has 0 aromatic rings. The van der Waals surface area contributed by atoms with Gasteiger partial charge in [-0.05, 0) is 38.5 Å². The molecule has 1 aliphatic rings. The summed E-state index contributed by atoms with van der Waals surface area (Å²) in [6.45, 7) is 3.36. The highest BCUT2D eigenvalue weighted by molar-refractivity contribution is 5.70. The Kier molecular flexibility index (Phi) is 28.0. The fraction of sp³-hybridized carbons (Fsp3) is 0.895. The average Bonchev–Trinajstić information content (AvgIpc) is 3.08. The van der Waals surface area contributed by atoms with Gasteiger partial charge in [-0.15, -0.1) is 0 Å². The van der Waals surface area contributed by atoms with Crippen molar-refractivity contribution in [3.8, 4) is 0 Å². The highest BCUT2D eigenvalue weighted by atomic mass is 16.7. The van der Waals surface area contributed by atoms with Crippen LogP contribution in [0.1, 0.15) is 162 Å². The van der Waals surface area contributed by atoms with Crippen molar-refractivity contribution in [1.29, 1.82) is 0 Å². The van der Waals surface area contributed by atoms with E-state index in [-0.39, 0.29) is 32.0 Å². The molecule has 0 bridgehead atoms. The summed E-state index contributed by atoms with van der Waals surface area (Å²) in [7, 11) is 0. The molecule has 0 spiro atoms. The van der Waals surface area contributed by atoms with Crippen molar-refractivity contribution < 1.29 is 49.0 Å². The van der Waals surface area contributed by atoms with Crippen molar-refractivity contribution in [3.05, 3.63) is 12.2 Å². The predicted octanol–water partition coefficient (Wildman–Crippen LogP) is 6.83. The Labute approximate surface area is 291 Å². The van der Waals surface area contributed by atoms with Crippen molar-refractivity contribution in [3.63, 3.8) is 0 Å². The lowest BCUT2D eigenvalue weighted by atomic mass is 9.99. The van der Waals surface area contributed by atoms with Gasteiger partial charge in [-0.2, -0.15) is 0 Å². The first-order valence-corrected chi connectivity index (χ1v) is 19.3. The van der Waals surface area contributed by atoms with Crippen LogP contribution in [0.2, 0.25) is 0 Å². The Hall–Kier alpha value is -1.56. The largest absolute Gasteiger partial charge is 0.462 e. The number of carbonyl (C=O) groups is 2. The number of aliphatic hydroxyl groups excluding tert-OH is 4. The molecule has 4 N–H and O–H groups in total. The first-order chi connectivity index (χ1) is 23.3. The Morgan fingerprint density at radius 1 is 0.625 bits per heavy atom. The van der Waals surface area contributed by atoms with Gasteiger partial charge in [0.05, 0.1) is 13.2 Å². The van der Waals surface area contributed by atoms with E-state index in [1.165, 1.54) is 77.0 Å². The van der Waals surface area contributed by atoms with Gasteiger partial charge in [-0.1, -0.05) is 122 Å². The Morgan fingerprint density at radius 2 is 1.10 bits per heavy atom. The van der Waals surface area contributed by atoms with Crippen LogP contribution in [0, 0.1) is 0 Å². The third-order valence-corrected chi connectivity index (χ3v) is 8.90. The van der Waals surface area contributed by atoms with E-state index in [0.29, 0.717) is 6.42 Å². The van der Waals surface area contributed by atoms with Gasteiger partial charge in [0.1, 0.15) is 31.0 Å². The van der Waals surface area contributed by atoms with E-state index < -0.39 is 49.4 Å². The van der Waals surface area contributed by atoms with E-state index in [1.54, 1.807) is 0 Å². The highest BCUT2D eigenvalue weighted by Crippen LogP contribution is 2.22. The summed E-state index contributed by atoms with van der Waals surface area (Å²) in [6, 6.07) is 0. The molecule has 6 atom stereocenters. The molecule has 282 valence electrons. The molecule has 0 aromatic carbocycles. The molecule has 0 saturated carbocycles. The van der Waals surface area contributed by atoms with Gasteiger partial charge in [0.25, 0.3) is 0 Å². The summed E-state index contributed by atoms with van der Waals surface area (Å²) in [6.07, 6.45) is 20.9. The van der Waals surface area contributed by atoms with Crippen molar-refractivity contribution >= 4 is 11.9 Å². The first-order valence-electron chi connectivity index (χ1n) is 19.3. The first kappa shape index (κ1) is 44.5. The van der Waals surface area contributed by atoms with Crippen molar-refractivity contribution in [2.75, 3.05) is 19.8 Å². The minimum Gasteiger partial charge on any atom is -0.462 e. The zero-order chi connectivity index (χ0) is 35.2. The molecule has 0 amide bonds. The van der Waals surface area contributed by atoms with E-state index in [2.05, 4.69) is 26.0 Å². The van der Waals surface area contributed by atoms with E-state index in [4.69, 9.17) is 18.9 Å². The monoisotopic (exact) mass is 686 g/mol. The molecule has 1 fully saturated rings. The maximum Gasteiger partial charge on any atom is 0.306 e. The Balaban J connectivity index is 2.39.